The molecule has 0 spiro atoms. The number of rotatable bonds is 3. The Morgan fingerprint density at radius 3 is 2.90 bits per heavy atom. The van der Waals surface area contributed by atoms with Gasteiger partial charge < -0.3 is 10.3 Å². The van der Waals surface area contributed by atoms with Crippen molar-refractivity contribution in [2.24, 2.45) is 0 Å². The molecule has 0 saturated heterocycles. The number of nitrogens with one attached hydrogen (secondary N) is 2. The number of halogens is 1. The molecular weight excluding hydrogens is 314 g/mol. The van der Waals surface area contributed by atoms with Crippen LogP contribution in [-0.4, -0.2) is 4.98 Å². The molecule has 0 bridgehead atoms. The first kappa shape index (κ1) is 12.8. The van der Waals surface area contributed by atoms with E-state index in [1.54, 1.807) is 0 Å². The van der Waals surface area contributed by atoms with Crippen LogP contribution in [0.3, 0.4) is 0 Å². The molecule has 0 aliphatic carbocycles. The summed E-state index contributed by atoms with van der Waals surface area (Å²) in [6.07, 6.45) is 2.00. The van der Waals surface area contributed by atoms with Crippen LogP contribution in [0.5, 0.6) is 0 Å². The molecule has 0 fully saturated rings. The predicted octanol–water partition coefficient (Wildman–Crippen LogP) is 4.41. The zero-order chi connectivity index (χ0) is 13.9. The molecule has 98 valence electrons. The number of nitrogens with zero attached hydrogens (tertiary/aromatic N) is 1. The van der Waals surface area contributed by atoms with Gasteiger partial charge in [0.1, 0.15) is 6.07 Å². The molecule has 0 unspecified atom stereocenters. The van der Waals surface area contributed by atoms with Gasteiger partial charge in [-0.05, 0) is 29.8 Å². The van der Waals surface area contributed by atoms with Gasteiger partial charge in [-0.2, -0.15) is 5.26 Å². The highest BCUT2D eigenvalue weighted by atomic mass is 79.9. The van der Waals surface area contributed by atoms with Crippen molar-refractivity contribution in [1.82, 2.24) is 4.98 Å². The number of aromatic nitrogens is 1. The third-order valence-corrected chi connectivity index (χ3v) is 3.74. The highest BCUT2D eigenvalue weighted by molar-refractivity contribution is 9.10. The second-order valence-electron chi connectivity index (χ2n) is 4.51. The minimum Gasteiger partial charge on any atom is -0.380 e. The fourth-order valence-corrected chi connectivity index (χ4v) is 2.59. The van der Waals surface area contributed by atoms with E-state index >= 15 is 0 Å². The molecule has 4 heteroatoms. The second-order valence-corrected chi connectivity index (χ2v) is 5.43. The lowest BCUT2D eigenvalue weighted by Gasteiger charge is -2.08. The topological polar surface area (TPSA) is 51.6 Å². The van der Waals surface area contributed by atoms with Crippen molar-refractivity contribution >= 4 is 32.5 Å². The molecule has 20 heavy (non-hydrogen) atoms. The molecule has 3 rings (SSSR count). The molecule has 0 aliphatic rings. The van der Waals surface area contributed by atoms with Crippen molar-refractivity contribution in [3.8, 4) is 6.07 Å². The Labute approximate surface area is 125 Å². The van der Waals surface area contributed by atoms with Crippen LogP contribution in [0, 0.1) is 11.3 Å². The van der Waals surface area contributed by atoms with E-state index in [-0.39, 0.29) is 0 Å². The minimum atomic E-state index is 0.638. The number of aromatic amines is 1. The molecule has 3 aromatic rings. The number of H-pyrrole nitrogens is 1. The number of nitriles is 1. The van der Waals surface area contributed by atoms with Gasteiger partial charge in [0.2, 0.25) is 0 Å². The van der Waals surface area contributed by atoms with E-state index in [4.69, 9.17) is 5.26 Å². The predicted molar refractivity (Wildman–Crippen MR) is 84.5 cm³/mol. The Morgan fingerprint density at radius 1 is 1.20 bits per heavy atom. The van der Waals surface area contributed by atoms with E-state index in [9.17, 15) is 0 Å². The van der Waals surface area contributed by atoms with Crippen LogP contribution in [-0.2, 0) is 6.54 Å². The maximum Gasteiger partial charge on any atom is 0.101 e. The average Bonchev–Trinajstić information content (AvgIpc) is 2.89. The molecule has 0 amide bonds. The van der Waals surface area contributed by atoms with E-state index in [1.165, 1.54) is 10.9 Å². The van der Waals surface area contributed by atoms with Gasteiger partial charge >= 0.3 is 0 Å². The maximum absolute atomic E-state index is 9.15. The van der Waals surface area contributed by atoms with Gasteiger partial charge in [0.25, 0.3) is 0 Å². The van der Waals surface area contributed by atoms with E-state index in [2.05, 4.69) is 44.4 Å². The molecule has 1 heterocycles. The fourth-order valence-electron chi connectivity index (χ4n) is 2.23. The van der Waals surface area contributed by atoms with Crippen molar-refractivity contribution in [3.05, 3.63) is 64.3 Å². The van der Waals surface area contributed by atoms with Crippen LogP contribution in [0.1, 0.15) is 11.1 Å². The SMILES string of the molecule is N#Cc1cc(Br)ccc1NCc1c[nH]c2ccccc12. The fraction of sp³-hybridized carbons (Fsp3) is 0.0625. The Morgan fingerprint density at radius 2 is 2.05 bits per heavy atom. The van der Waals surface area contributed by atoms with Crippen LogP contribution in [0.15, 0.2) is 53.1 Å². The van der Waals surface area contributed by atoms with Gasteiger partial charge in [0.15, 0.2) is 0 Å². The molecule has 1 aromatic heterocycles. The molecular formula is C16H12BrN3. The Hall–Kier alpha value is -2.25. The minimum absolute atomic E-state index is 0.638. The summed E-state index contributed by atoms with van der Waals surface area (Å²) in [5, 5.41) is 13.7. The number of para-hydroxylation sites is 1. The summed E-state index contributed by atoms with van der Waals surface area (Å²) in [6, 6.07) is 16.1. The Bertz CT molecular complexity index is 799. The Balaban J connectivity index is 1.85. The van der Waals surface area contributed by atoms with Crippen molar-refractivity contribution in [1.29, 1.82) is 5.26 Å². The van der Waals surface area contributed by atoms with Crippen molar-refractivity contribution in [2.75, 3.05) is 5.32 Å². The maximum atomic E-state index is 9.15. The van der Waals surface area contributed by atoms with Gasteiger partial charge in [0.05, 0.1) is 11.3 Å². The highest BCUT2D eigenvalue weighted by Gasteiger charge is 2.05. The van der Waals surface area contributed by atoms with Crippen LogP contribution in [0.4, 0.5) is 5.69 Å². The molecule has 0 atom stereocenters. The highest BCUT2D eigenvalue weighted by Crippen LogP contribution is 2.23. The number of hydrogen-bond acceptors (Lipinski definition) is 2. The van der Waals surface area contributed by atoms with Crippen LogP contribution >= 0.6 is 15.9 Å². The number of hydrogen-bond donors (Lipinski definition) is 2. The zero-order valence-electron chi connectivity index (χ0n) is 10.7. The summed E-state index contributed by atoms with van der Waals surface area (Å²) in [5.41, 5.74) is 3.80. The zero-order valence-corrected chi connectivity index (χ0v) is 12.2. The first-order chi connectivity index (χ1) is 9.78. The quantitative estimate of drug-likeness (QED) is 0.749. The summed E-state index contributed by atoms with van der Waals surface area (Å²) in [6.45, 7) is 0.681. The lowest BCUT2D eigenvalue weighted by atomic mass is 10.1. The van der Waals surface area contributed by atoms with Crippen LogP contribution in [0.25, 0.3) is 10.9 Å². The standard InChI is InChI=1S/C16H12BrN3/c17-13-5-6-15(11(7-13)8-18)19-9-12-10-20-16-4-2-1-3-14(12)16/h1-7,10,19-20H,9H2. The van der Waals surface area contributed by atoms with E-state index in [1.807, 2.05) is 36.5 Å². The molecule has 2 N–H and O–H groups in total. The lowest BCUT2D eigenvalue weighted by Crippen LogP contribution is -2.00. The normalized spacial score (nSPS) is 10.4. The smallest absolute Gasteiger partial charge is 0.101 e. The second kappa shape index (κ2) is 5.40. The van der Waals surface area contributed by atoms with Crippen molar-refractivity contribution < 1.29 is 0 Å². The van der Waals surface area contributed by atoms with E-state index in [0.29, 0.717) is 12.1 Å². The number of fused-ring (bicyclic) bond motifs is 1. The number of benzene rings is 2. The average molecular weight is 326 g/mol. The molecule has 3 nitrogen and oxygen atoms in total. The Kier molecular flexibility index (Phi) is 3.44. The van der Waals surface area contributed by atoms with Crippen molar-refractivity contribution in [3.63, 3.8) is 0 Å². The van der Waals surface area contributed by atoms with Crippen molar-refractivity contribution in [2.45, 2.75) is 6.54 Å². The third kappa shape index (κ3) is 2.40. The summed E-state index contributed by atoms with van der Waals surface area (Å²) in [4.78, 5) is 3.25. The first-order valence-corrected chi connectivity index (χ1v) is 7.06. The van der Waals surface area contributed by atoms with E-state index < -0.39 is 0 Å². The summed E-state index contributed by atoms with van der Waals surface area (Å²) >= 11 is 3.38. The molecule has 2 aromatic carbocycles. The van der Waals surface area contributed by atoms with Gasteiger partial charge in [-0.15, -0.1) is 0 Å². The van der Waals surface area contributed by atoms with Gasteiger partial charge in [-0.3, -0.25) is 0 Å². The monoisotopic (exact) mass is 325 g/mol. The number of anilines is 1. The molecule has 0 aliphatic heterocycles. The summed E-state index contributed by atoms with van der Waals surface area (Å²) in [7, 11) is 0. The largest absolute Gasteiger partial charge is 0.380 e. The molecule has 0 radical (unpaired) electrons. The lowest BCUT2D eigenvalue weighted by molar-refractivity contribution is 1.16. The van der Waals surface area contributed by atoms with Gasteiger partial charge in [-0.25, -0.2) is 0 Å². The van der Waals surface area contributed by atoms with E-state index in [0.717, 1.165) is 15.7 Å². The first-order valence-electron chi connectivity index (χ1n) is 6.26. The third-order valence-electron chi connectivity index (χ3n) is 3.25. The summed E-state index contributed by atoms with van der Waals surface area (Å²) in [5.74, 6) is 0. The van der Waals surface area contributed by atoms with Gasteiger partial charge in [-0.1, -0.05) is 34.1 Å². The van der Waals surface area contributed by atoms with Crippen LogP contribution < -0.4 is 5.32 Å². The van der Waals surface area contributed by atoms with Crippen LogP contribution in [0.2, 0.25) is 0 Å². The summed E-state index contributed by atoms with van der Waals surface area (Å²) < 4.78 is 0.909. The molecule has 0 saturated carbocycles. The van der Waals surface area contributed by atoms with Gasteiger partial charge in [0, 0.05) is 28.1 Å².